The Morgan fingerprint density at radius 3 is 2.39 bits per heavy atom. The summed E-state index contributed by atoms with van der Waals surface area (Å²) in [6, 6.07) is 22.1. The molecule has 140 valence electrons. The first-order valence-corrected chi connectivity index (χ1v) is 8.74. The minimum Gasteiger partial charge on any atom is -0.487 e. The molecule has 0 aliphatic carbocycles. The molecular weight excluding hydrogens is 363 g/mol. The van der Waals surface area contributed by atoms with Crippen molar-refractivity contribution in [3.63, 3.8) is 0 Å². The molecule has 1 heterocycles. The molecule has 0 atom stereocenters. The second-order valence-electron chi connectivity index (χ2n) is 6.36. The second kappa shape index (κ2) is 7.35. The number of hydrogen-bond acceptors (Lipinski definition) is 2. The van der Waals surface area contributed by atoms with Gasteiger partial charge in [-0.2, -0.15) is 13.2 Å². The molecule has 0 saturated heterocycles. The average Bonchev–Trinajstić information content (AvgIpc) is 2.72. The molecule has 4 aromatic rings. The van der Waals surface area contributed by atoms with Gasteiger partial charge in [0.05, 0.1) is 5.56 Å². The summed E-state index contributed by atoms with van der Waals surface area (Å²) in [7, 11) is 0. The maximum Gasteiger partial charge on any atom is 0.417 e. The third-order valence-electron chi connectivity index (χ3n) is 4.46. The zero-order chi connectivity index (χ0) is 19.6. The zero-order valence-electron chi connectivity index (χ0n) is 14.8. The van der Waals surface area contributed by atoms with Crippen LogP contribution in [0.25, 0.3) is 22.0 Å². The van der Waals surface area contributed by atoms with Crippen LogP contribution in [-0.2, 0) is 12.8 Å². The minimum absolute atomic E-state index is 0.0217. The van der Waals surface area contributed by atoms with Crippen LogP contribution in [0.5, 0.6) is 5.75 Å². The van der Waals surface area contributed by atoms with Crippen molar-refractivity contribution in [3.05, 3.63) is 96.2 Å². The molecule has 0 aliphatic heterocycles. The highest BCUT2D eigenvalue weighted by Gasteiger charge is 2.34. The van der Waals surface area contributed by atoms with Gasteiger partial charge in [-0.25, -0.2) is 0 Å². The Balaban J connectivity index is 1.65. The minimum atomic E-state index is -4.46. The number of halogens is 3. The molecule has 1 aromatic heterocycles. The summed E-state index contributed by atoms with van der Waals surface area (Å²) in [5.41, 5.74) is 1.14. The number of aromatic nitrogens is 1. The molecule has 2 nitrogen and oxygen atoms in total. The van der Waals surface area contributed by atoms with Crippen LogP contribution in [0.2, 0.25) is 0 Å². The van der Waals surface area contributed by atoms with Crippen LogP contribution in [0.3, 0.4) is 0 Å². The molecule has 3 aromatic carbocycles. The summed E-state index contributed by atoms with van der Waals surface area (Å²) >= 11 is 0. The molecule has 0 bridgehead atoms. The number of benzene rings is 3. The number of para-hydroxylation sites is 1. The van der Waals surface area contributed by atoms with Crippen molar-refractivity contribution in [1.82, 2.24) is 4.98 Å². The van der Waals surface area contributed by atoms with Gasteiger partial charge in [0.2, 0.25) is 0 Å². The second-order valence-corrected chi connectivity index (χ2v) is 6.36. The van der Waals surface area contributed by atoms with Gasteiger partial charge in [-0.1, -0.05) is 60.7 Å². The van der Waals surface area contributed by atoms with E-state index in [0.717, 1.165) is 11.5 Å². The van der Waals surface area contributed by atoms with Crippen LogP contribution in [0.15, 0.2) is 85.1 Å². The topological polar surface area (TPSA) is 22.1 Å². The van der Waals surface area contributed by atoms with Crippen LogP contribution < -0.4 is 4.74 Å². The van der Waals surface area contributed by atoms with Crippen molar-refractivity contribution < 1.29 is 17.9 Å². The highest BCUT2D eigenvalue weighted by atomic mass is 19.4. The molecule has 0 unspecified atom stereocenters. The van der Waals surface area contributed by atoms with Gasteiger partial charge in [0.25, 0.3) is 0 Å². The first-order chi connectivity index (χ1) is 13.5. The van der Waals surface area contributed by atoms with Crippen LogP contribution in [-0.4, -0.2) is 4.98 Å². The fourth-order valence-corrected chi connectivity index (χ4v) is 3.14. The number of ether oxygens (including phenoxy) is 1. The fourth-order valence-electron chi connectivity index (χ4n) is 3.14. The Hall–Kier alpha value is -3.34. The highest BCUT2D eigenvalue weighted by molar-refractivity contribution is 5.84. The van der Waals surface area contributed by atoms with Crippen molar-refractivity contribution >= 4 is 10.9 Å². The van der Waals surface area contributed by atoms with Crippen LogP contribution in [0.1, 0.15) is 11.1 Å². The predicted molar refractivity (Wildman–Crippen MR) is 103 cm³/mol. The van der Waals surface area contributed by atoms with Gasteiger partial charge in [0.15, 0.2) is 0 Å². The molecule has 0 radical (unpaired) electrons. The number of hydrogen-bond donors (Lipinski definition) is 0. The number of nitrogens with zero attached hydrogens (tertiary/aromatic N) is 1. The zero-order valence-corrected chi connectivity index (χ0v) is 14.8. The lowest BCUT2D eigenvalue weighted by molar-refractivity contribution is -0.137. The van der Waals surface area contributed by atoms with E-state index in [9.17, 15) is 13.2 Å². The lowest BCUT2D eigenvalue weighted by atomic mass is 9.97. The smallest absolute Gasteiger partial charge is 0.417 e. The van der Waals surface area contributed by atoms with Gasteiger partial charge in [-0.15, -0.1) is 0 Å². The molecule has 0 spiro atoms. The van der Waals surface area contributed by atoms with Gasteiger partial charge >= 0.3 is 6.18 Å². The van der Waals surface area contributed by atoms with Gasteiger partial charge in [0, 0.05) is 11.6 Å². The summed E-state index contributed by atoms with van der Waals surface area (Å²) in [4.78, 5) is 4.30. The molecule has 5 heteroatoms. The molecule has 0 amide bonds. The quantitative estimate of drug-likeness (QED) is 0.404. The summed E-state index contributed by atoms with van der Waals surface area (Å²) in [6.45, 7) is 0.0217. The Bertz CT molecular complexity index is 1100. The molecular formula is C23H16F3NO. The first kappa shape index (κ1) is 18.0. The predicted octanol–water partition coefficient (Wildman–Crippen LogP) is 6.50. The summed E-state index contributed by atoms with van der Waals surface area (Å²) in [5.74, 6) is 0.541. The molecule has 0 N–H and O–H groups in total. The number of pyridine rings is 1. The van der Waals surface area contributed by atoms with Gasteiger partial charge in [-0.3, -0.25) is 4.98 Å². The van der Waals surface area contributed by atoms with E-state index in [0.29, 0.717) is 22.4 Å². The van der Waals surface area contributed by atoms with E-state index < -0.39 is 11.7 Å². The van der Waals surface area contributed by atoms with Crippen molar-refractivity contribution in [3.8, 4) is 16.9 Å². The molecule has 28 heavy (non-hydrogen) atoms. The van der Waals surface area contributed by atoms with Crippen LogP contribution in [0, 0.1) is 0 Å². The monoisotopic (exact) mass is 379 g/mol. The number of alkyl halides is 3. The van der Waals surface area contributed by atoms with E-state index in [4.69, 9.17) is 4.74 Å². The van der Waals surface area contributed by atoms with Crippen LogP contribution in [0.4, 0.5) is 13.2 Å². The maximum absolute atomic E-state index is 13.6. The lowest BCUT2D eigenvalue weighted by Gasteiger charge is -2.15. The Morgan fingerprint density at radius 2 is 1.61 bits per heavy atom. The van der Waals surface area contributed by atoms with Gasteiger partial charge < -0.3 is 4.74 Å². The van der Waals surface area contributed by atoms with Crippen molar-refractivity contribution in [2.45, 2.75) is 12.8 Å². The average molecular weight is 379 g/mol. The van der Waals surface area contributed by atoms with E-state index in [-0.39, 0.29) is 12.2 Å². The summed E-state index contributed by atoms with van der Waals surface area (Å²) < 4.78 is 46.7. The largest absolute Gasteiger partial charge is 0.487 e. The van der Waals surface area contributed by atoms with E-state index in [1.807, 2.05) is 24.3 Å². The molecule has 0 aliphatic rings. The SMILES string of the molecule is FC(F)(F)c1cc(COc2cccc3cccnc23)ccc1-c1ccccc1. The van der Waals surface area contributed by atoms with E-state index in [2.05, 4.69) is 4.98 Å². The summed E-state index contributed by atoms with van der Waals surface area (Å²) in [5, 5.41) is 0.912. The Kier molecular flexibility index (Phi) is 4.74. The fraction of sp³-hybridized carbons (Fsp3) is 0.0870. The molecule has 0 saturated carbocycles. The van der Waals surface area contributed by atoms with Crippen LogP contribution >= 0.6 is 0 Å². The first-order valence-electron chi connectivity index (χ1n) is 8.74. The highest BCUT2D eigenvalue weighted by Crippen LogP contribution is 2.38. The molecule has 0 fully saturated rings. The van der Waals surface area contributed by atoms with E-state index in [1.54, 1.807) is 48.7 Å². The van der Waals surface area contributed by atoms with E-state index >= 15 is 0 Å². The van der Waals surface area contributed by atoms with Gasteiger partial charge in [0.1, 0.15) is 17.9 Å². The molecule has 4 rings (SSSR count). The Morgan fingerprint density at radius 1 is 0.821 bits per heavy atom. The summed E-state index contributed by atoms with van der Waals surface area (Å²) in [6.07, 6.45) is -2.80. The standard InChI is InChI=1S/C23H16F3NO/c24-23(25,26)20-14-16(11-12-19(20)17-6-2-1-3-7-17)15-28-21-10-4-8-18-9-5-13-27-22(18)21/h1-14H,15H2. The van der Waals surface area contributed by atoms with Crippen molar-refractivity contribution in [1.29, 1.82) is 0 Å². The number of rotatable bonds is 4. The van der Waals surface area contributed by atoms with Crippen molar-refractivity contribution in [2.75, 3.05) is 0 Å². The third-order valence-corrected chi connectivity index (χ3v) is 4.46. The van der Waals surface area contributed by atoms with Gasteiger partial charge in [-0.05, 0) is 34.9 Å². The number of fused-ring (bicyclic) bond motifs is 1. The van der Waals surface area contributed by atoms with E-state index in [1.165, 1.54) is 6.07 Å². The van der Waals surface area contributed by atoms with Crippen molar-refractivity contribution in [2.24, 2.45) is 0 Å². The Labute approximate surface area is 160 Å². The normalized spacial score (nSPS) is 11.5. The maximum atomic E-state index is 13.6. The lowest BCUT2D eigenvalue weighted by Crippen LogP contribution is -2.09. The third kappa shape index (κ3) is 3.69.